The predicted octanol–water partition coefficient (Wildman–Crippen LogP) is 9.81. The second kappa shape index (κ2) is 19.3. The summed E-state index contributed by atoms with van der Waals surface area (Å²) >= 11 is 0. The third-order valence-corrected chi connectivity index (χ3v) is 8.51. The van der Waals surface area contributed by atoms with E-state index in [1.807, 2.05) is 44.2 Å². The Hall–Kier alpha value is -4.46. The Morgan fingerprint density at radius 2 is 1.68 bits per heavy atom. The Labute approximate surface area is 284 Å². The number of benzene rings is 3. The number of carbonyl (C=O) groups excluding carboxylic acids is 1. The predicted molar refractivity (Wildman–Crippen MR) is 202 cm³/mol. The number of nitriles is 1. The first-order chi connectivity index (χ1) is 22.5. The Balaban J connectivity index is 0.00000376. The molecule has 0 aliphatic rings. The zero-order valence-electron chi connectivity index (χ0n) is 30.0. The first kappa shape index (κ1) is 38.7. The minimum Gasteiger partial charge on any atom is -0.388 e. The summed E-state index contributed by atoms with van der Waals surface area (Å²) in [4.78, 5) is 11.0. The van der Waals surface area contributed by atoms with Crippen LogP contribution in [0.15, 0.2) is 114 Å². The fourth-order valence-corrected chi connectivity index (χ4v) is 5.39. The molecule has 0 aliphatic heterocycles. The van der Waals surface area contributed by atoms with E-state index in [-0.39, 0.29) is 10.8 Å². The normalized spacial score (nSPS) is 12.6. The topological polar surface area (TPSA) is 69.5 Å². The average molecular weight is 631 g/mol. The van der Waals surface area contributed by atoms with E-state index in [2.05, 4.69) is 132 Å². The van der Waals surface area contributed by atoms with Crippen LogP contribution in [0.25, 0.3) is 16.8 Å². The Morgan fingerprint density at radius 3 is 2.36 bits per heavy atom. The summed E-state index contributed by atoms with van der Waals surface area (Å²) in [6.45, 7) is 23.0. The molecule has 0 aliphatic carbocycles. The van der Waals surface area contributed by atoms with Gasteiger partial charge in [-0.1, -0.05) is 128 Å². The van der Waals surface area contributed by atoms with Crippen LogP contribution in [0.5, 0.6) is 0 Å². The van der Waals surface area contributed by atoms with Crippen LogP contribution in [0.2, 0.25) is 0 Å². The molecule has 3 aromatic rings. The van der Waals surface area contributed by atoms with Gasteiger partial charge in [0, 0.05) is 28.6 Å². The van der Waals surface area contributed by atoms with Crippen molar-refractivity contribution >= 4 is 28.8 Å². The number of aryl methyl sites for hydroxylation is 1. The molecule has 3 rings (SSSR count). The molecule has 47 heavy (non-hydrogen) atoms. The highest BCUT2D eigenvalue weighted by atomic mass is 16.1. The van der Waals surface area contributed by atoms with Gasteiger partial charge in [0.2, 0.25) is 0 Å². The smallest absolute Gasteiger partial charge is 0.141 e. The number of nitrogens with two attached hydrogens (primary N) is 1. The average Bonchev–Trinajstić information content (AvgIpc) is 3.07. The minimum atomic E-state index is -0.357. The molecule has 0 radical (unpaired) electrons. The van der Waals surface area contributed by atoms with E-state index in [0.717, 1.165) is 36.9 Å². The van der Waals surface area contributed by atoms with Crippen molar-refractivity contribution in [2.24, 2.45) is 5.41 Å². The maximum absolute atomic E-state index is 11.0. The van der Waals surface area contributed by atoms with Crippen molar-refractivity contribution in [3.63, 3.8) is 0 Å². The number of allylic oxidation sites excluding steroid dienone is 7. The number of hydrogen-bond acceptors (Lipinski definition) is 3. The quantitative estimate of drug-likeness (QED) is 0.0544. The summed E-state index contributed by atoms with van der Waals surface area (Å²) in [5.74, 6) is 0. The summed E-state index contributed by atoms with van der Waals surface area (Å²) in [6, 6.07) is 23.5. The molecule has 0 bridgehead atoms. The maximum atomic E-state index is 11.0. The van der Waals surface area contributed by atoms with Crippen molar-refractivity contribution in [3.05, 3.63) is 131 Å². The Kier molecular flexibility index (Phi) is 15.9. The molecule has 0 atom stereocenters. The van der Waals surface area contributed by atoms with Crippen LogP contribution in [0.3, 0.4) is 0 Å². The number of carbonyl (C=O) groups is 1. The van der Waals surface area contributed by atoms with E-state index in [0.29, 0.717) is 18.5 Å². The standard InChI is InChI=1S/C41H49N3O.C2H6/c1-8-27-43-38(41(6,7)32(3)20-22-34-17-10-9-15-31(34)2)25-21-33(30-42)16-13-26-40(4,5)37-24-23-35-18-11-12-19-36(35)39(37)44-28-14-29-45;1-2/h9-13,15-25,29,43-44H,3,8,14,26-28H2,1-2,4-7H3;1-2H3/p+1/b16-13+,22-20-,33-21-,38-25+;. The number of fused-ring (bicyclic) bond motifs is 1. The number of nitrogens with zero attached hydrogens (tertiary/aromatic N) is 1. The highest BCUT2D eigenvalue weighted by Crippen LogP contribution is 2.36. The van der Waals surface area contributed by atoms with Gasteiger partial charge >= 0.3 is 0 Å². The lowest BCUT2D eigenvalue weighted by molar-refractivity contribution is -0.569. The van der Waals surface area contributed by atoms with E-state index in [4.69, 9.17) is 0 Å². The molecule has 0 saturated heterocycles. The molecule has 0 aromatic heterocycles. The van der Waals surface area contributed by atoms with E-state index < -0.39 is 0 Å². The van der Waals surface area contributed by atoms with Crippen molar-refractivity contribution in [2.45, 2.75) is 80.1 Å². The van der Waals surface area contributed by atoms with Crippen molar-refractivity contribution in [1.82, 2.24) is 5.32 Å². The fourth-order valence-electron chi connectivity index (χ4n) is 5.39. The Morgan fingerprint density at radius 1 is 0.979 bits per heavy atom. The number of quaternary nitrogens is 1. The molecule has 0 unspecified atom stereocenters. The molecule has 3 aromatic carbocycles. The monoisotopic (exact) mass is 630 g/mol. The number of rotatable bonds is 16. The lowest BCUT2D eigenvalue weighted by Crippen LogP contribution is -2.78. The second-order valence-electron chi connectivity index (χ2n) is 12.8. The van der Waals surface area contributed by atoms with Gasteiger partial charge in [-0.15, -0.1) is 0 Å². The van der Waals surface area contributed by atoms with E-state index in [9.17, 15) is 10.1 Å². The molecule has 0 spiro atoms. The highest BCUT2D eigenvalue weighted by Gasteiger charge is 2.27. The van der Waals surface area contributed by atoms with Crippen LogP contribution in [0, 0.1) is 23.7 Å². The van der Waals surface area contributed by atoms with Crippen LogP contribution < -0.4 is 10.6 Å². The maximum Gasteiger partial charge on any atom is 0.141 e. The summed E-state index contributed by atoms with van der Waals surface area (Å²) < 4.78 is 0. The molecular formula is C43H56N3O+. The number of hydrogen-bond donors (Lipinski definition) is 2. The third-order valence-electron chi connectivity index (χ3n) is 8.51. The first-order valence-corrected chi connectivity index (χ1v) is 17.0. The van der Waals surface area contributed by atoms with Crippen LogP contribution in [-0.2, 0) is 10.2 Å². The fraction of sp³-hybridized carbons (Fsp3) is 0.349. The van der Waals surface area contributed by atoms with Gasteiger partial charge in [-0.05, 0) is 71.6 Å². The summed E-state index contributed by atoms with van der Waals surface area (Å²) in [5.41, 5.74) is 6.90. The minimum absolute atomic E-state index is 0.180. The van der Waals surface area contributed by atoms with Gasteiger partial charge < -0.3 is 15.4 Å². The van der Waals surface area contributed by atoms with Gasteiger partial charge in [0.1, 0.15) is 12.0 Å². The van der Waals surface area contributed by atoms with Crippen molar-refractivity contribution < 1.29 is 10.1 Å². The van der Waals surface area contributed by atoms with Crippen molar-refractivity contribution in [1.29, 1.82) is 5.26 Å². The third kappa shape index (κ3) is 11.1. The van der Waals surface area contributed by atoms with Crippen LogP contribution in [0.4, 0.5) is 5.69 Å². The zero-order chi connectivity index (χ0) is 34.9. The molecule has 0 saturated carbocycles. The van der Waals surface area contributed by atoms with Crippen LogP contribution >= 0.6 is 0 Å². The van der Waals surface area contributed by atoms with Crippen LogP contribution in [0.1, 0.15) is 84.4 Å². The molecule has 248 valence electrons. The van der Waals surface area contributed by atoms with Crippen LogP contribution in [-0.4, -0.2) is 19.4 Å². The second-order valence-corrected chi connectivity index (χ2v) is 12.8. The van der Waals surface area contributed by atoms with E-state index in [1.165, 1.54) is 33.2 Å². The van der Waals surface area contributed by atoms with E-state index in [1.54, 1.807) is 0 Å². The summed E-state index contributed by atoms with van der Waals surface area (Å²) in [5, 5.41) is 18.2. The highest BCUT2D eigenvalue weighted by molar-refractivity contribution is 5.92. The molecule has 4 nitrogen and oxygen atoms in total. The molecule has 4 heteroatoms. The zero-order valence-corrected chi connectivity index (χ0v) is 30.0. The van der Waals surface area contributed by atoms with Gasteiger partial charge in [0.05, 0.1) is 24.6 Å². The number of aldehydes is 1. The van der Waals surface area contributed by atoms with Gasteiger partial charge in [-0.3, -0.25) is 0 Å². The SMILES string of the molecule is C=C(/C=C\c1ccccc1C)C(C)(C)\C(=C/C=C(C#N)/C=C/CC(C)(C)c1ccc2ccccc2c1[NH2+]CCC=O)NCCC.CC. The van der Waals surface area contributed by atoms with Gasteiger partial charge in [-0.2, -0.15) is 5.26 Å². The largest absolute Gasteiger partial charge is 0.388 e. The lowest BCUT2D eigenvalue weighted by Gasteiger charge is -2.30. The molecule has 3 N–H and O–H groups in total. The lowest BCUT2D eigenvalue weighted by atomic mass is 9.79. The van der Waals surface area contributed by atoms with Crippen molar-refractivity contribution in [3.8, 4) is 6.07 Å². The molecule has 0 heterocycles. The van der Waals surface area contributed by atoms with Gasteiger partial charge in [0.25, 0.3) is 0 Å². The van der Waals surface area contributed by atoms with Crippen molar-refractivity contribution in [2.75, 3.05) is 13.1 Å². The number of nitrogens with one attached hydrogen (secondary N) is 1. The summed E-state index contributed by atoms with van der Waals surface area (Å²) in [7, 11) is 0. The molecular weight excluding hydrogens is 574 g/mol. The molecule has 0 amide bonds. The van der Waals surface area contributed by atoms with Gasteiger partial charge in [-0.25, -0.2) is 0 Å². The molecule has 0 fully saturated rings. The first-order valence-electron chi connectivity index (χ1n) is 17.0. The summed E-state index contributed by atoms with van der Waals surface area (Å²) in [6.07, 6.45) is 15.4. The van der Waals surface area contributed by atoms with Gasteiger partial charge in [0.15, 0.2) is 0 Å². The Bertz CT molecular complexity index is 1640. The van der Waals surface area contributed by atoms with E-state index >= 15 is 0 Å².